The summed E-state index contributed by atoms with van der Waals surface area (Å²) in [5.74, 6) is 1.48. The molecule has 0 amide bonds. The molecule has 0 spiro atoms. The van der Waals surface area contributed by atoms with Crippen LogP contribution in [-0.2, 0) is 0 Å². The van der Waals surface area contributed by atoms with Crippen LogP contribution < -0.4 is 4.74 Å². The van der Waals surface area contributed by atoms with E-state index in [1.807, 2.05) is 12.1 Å². The quantitative estimate of drug-likeness (QED) is 0.589. The summed E-state index contributed by atoms with van der Waals surface area (Å²) in [6.45, 7) is 2.29. The number of rotatable bonds is 4. The van der Waals surface area contributed by atoms with Crippen LogP contribution >= 0.6 is 11.6 Å². The summed E-state index contributed by atoms with van der Waals surface area (Å²) in [6.07, 6.45) is 6.47. The van der Waals surface area contributed by atoms with Gasteiger partial charge >= 0.3 is 0 Å². The lowest BCUT2D eigenvalue weighted by atomic mass is 9.77. The second-order valence-corrected chi connectivity index (χ2v) is 7.07. The van der Waals surface area contributed by atoms with Gasteiger partial charge < -0.3 is 4.74 Å². The Morgan fingerprint density at radius 2 is 1.71 bits per heavy atom. The lowest BCUT2D eigenvalue weighted by Crippen LogP contribution is -2.12. The molecule has 3 rings (SSSR count). The van der Waals surface area contributed by atoms with Gasteiger partial charge in [0.05, 0.1) is 7.11 Å². The first kappa shape index (κ1) is 17.3. The van der Waals surface area contributed by atoms with Gasteiger partial charge in [0.15, 0.2) is 5.82 Å². The number of methoxy groups -OCH3 is 1. The Morgan fingerprint density at radius 1 is 1.04 bits per heavy atom. The first-order valence-electron chi connectivity index (χ1n) is 8.76. The second-order valence-electron chi connectivity index (χ2n) is 6.69. The third-order valence-electron chi connectivity index (χ3n) is 5.38. The first-order chi connectivity index (χ1) is 11.6. The summed E-state index contributed by atoms with van der Waals surface area (Å²) in [6, 6.07) is 11.7. The van der Waals surface area contributed by atoms with Gasteiger partial charge in [-0.2, -0.15) is 0 Å². The van der Waals surface area contributed by atoms with Gasteiger partial charge in [-0.15, -0.1) is 0 Å². The van der Waals surface area contributed by atoms with Gasteiger partial charge in [-0.3, -0.25) is 0 Å². The van der Waals surface area contributed by atoms with E-state index in [-0.39, 0.29) is 5.02 Å². The van der Waals surface area contributed by atoms with Crippen molar-refractivity contribution in [3.05, 3.63) is 52.8 Å². The average molecular weight is 347 g/mol. The van der Waals surface area contributed by atoms with Crippen molar-refractivity contribution in [3.63, 3.8) is 0 Å². The molecule has 2 aromatic carbocycles. The zero-order valence-corrected chi connectivity index (χ0v) is 15.1. The minimum atomic E-state index is -0.424. The molecule has 128 valence electrons. The molecule has 0 radical (unpaired) electrons. The highest BCUT2D eigenvalue weighted by atomic mass is 35.5. The molecule has 24 heavy (non-hydrogen) atoms. The zero-order chi connectivity index (χ0) is 17.1. The van der Waals surface area contributed by atoms with Crippen LogP contribution in [0.5, 0.6) is 5.75 Å². The molecular formula is C21H24ClFO. The third-order valence-corrected chi connectivity index (χ3v) is 5.74. The molecule has 3 heteroatoms. The third kappa shape index (κ3) is 3.44. The van der Waals surface area contributed by atoms with Crippen LogP contribution in [0.3, 0.4) is 0 Å². The summed E-state index contributed by atoms with van der Waals surface area (Å²) < 4.78 is 19.5. The molecule has 2 aromatic rings. The summed E-state index contributed by atoms with van der Waals surface area (Å²) in [4.78, 5) is 0. The Bertz CT molecular complexity index is 688. The van der Waals surface area contributed by atoms with E-state index >= 15 is 0 Å². The molecule has 0 aliphatic heterocycles. The number of hydrogen-bond acceptors (Lipinski definition) is 1. The van der Waals surface area contributed by atoms with E-state index in [0.29, 0.717) is 17.2 Å². The van der Waals surface area contributed by atoms with Crippen LogP contribution in [0.1, 0.15) is 50.5 Å². The molecule has 1 aliphatic carbocycles. The van der Waals surface area contributed by atoms with Crippen molar-refractivity contribution in [1.82, 2.24) is 0 Å². The van der Waals surface area contributed by atoms with E-state index in [2.05, 4.69) is 19.1 Å². The average Bonchev–Trinajstić information content (AvgIpc) is 2.64. The molecule has 1 saturated carbocycles. The van der Waals surface area contributed by atoms with Crippen molar-refractivity contribution in [3.8, 4) is 16.9 Å². The minimum absolute atomic E-state index is 0.0389. The van der Waals surface area contributed by atoms with Gasteiger partial charge in [0.2, 0.25) is 0 Å². The number of hydrogen-bond donors (Lipinski definition) is 0. The smallest absolute Gasteiger partial charge is 0.153 e. The van der Waals surface area contributed by atoms with Crippen LogP contribution in [0.15, 0.2) is 36.4 Å². The van der Waals surface area contributed by atoms with Gasteiger partial charge in [-0.25, -0.2) is 4.39 Å². The number of halogens is 2. The van der Waals surface area contributed by atoms with E-state index in [1.165, 1.54) is 44.8 Å². The lowest BCUT2D eigenvalue weighted by molar-refractivity contribution is 0.319. The fourth-order valence-corrected chi connectivity index (χ4v) is 3.99. The highest BCUT2D eigenvalue weighted by Gasteiger charge is 2.21. The molecule has 1 nitrogen and oxygen atoms in total. The zero-order valence-electron chi connectivity index (χ0n) is 14.3. The summed E-state index contributed by atoms with van der Waals surface area (Å²) in [7, 11) is 1.49. The van der Waals surface area contributed by atoms with E-state index in [4.69, 9.17) is 16.3 Å². The van der Waals surface area contributed by atoms with Crippen molar-refractivity contribution >= 4 is 11.6 Å². The Hall–Kier alpha value is -1.54. The van der Waals surface area contributed by atoms with E-state index in [9.17, 15) is 4.39 Å². The van der Waals surface area contributed by atoms with E-state index in [0.717, 1.165) is 11.5 Å². The highest BCUT2D eigenvalue weighted by Crippen LogP contribution is 2.38. The van der Waals surface area contributed by atoms with Crippen LogP contribution in [0.4, 0.5) is 4.39 Å². The monoisotopic (exact) mass is 346 g/mol. The predicted octanol–water partition coefficient (Wildman–Crippen LogP) is 6.84. The van der Waals surface area contributed by atoms with Crippen molar-refractivity contribution < 1.29 is 9.13 Å². The fourth-order valence-electron chi connectivity index (χ4n) is 3.75. The topological polar surface area (TPSA) is 9.23 Å². The molecule has 0 bridgehead atoms. The molecule has 0 unspecified atom stereocenters. The maximum absolute atomic E-state index is 14.5. The summed E-state index contributed by atoms with van der Waals surface area (Å²) >= 11 is 6.03. The predicted molar refractivity (Wildman–Crippen MR) is 98.4 cm³/mol. The first-order valence-corrected chi connectivity index (χ1v) is 9.14. The maximum atomic E-state index is 14.5. The van der Waals surface area contributed by atoms with E-state index < -0.39 is 5.82 Å². The van der Waals surface area contributed by atoms with Gasteiger partial charge in [0.25, 0.3) is 0 Å². The number of benzene rings is 2. The molecule has 1 fully saturated rings. The Labute approximate surface area is 148 Å². The van der Waals surface area contributed by atoms with Gasteiger partial charge in [0, 0.05) is 5.56 Å². The molecule has 0 atom stereocenters. The largest absolute Gasteiger partial charge is 0.495 e. The van der Waals surface area contributed by atoms with Gasteiger partial charge in [-0.1, -0.05) is 49.2 Å². The molecule has 1 aliphatic rings. The van der Waals surface area contributed by atoms with Crippen molar-refractivity contribution in [2.75, 3.05) is 7.11 Å². The van der Waals surface area contributed by atoms with Crippen LogP contribution in [0, 0.1) is 11.7 Å². The maximum Gasteiger partial charge on any atom is 0.153 e. The normalized spacial score (nSPS) is 20.8. The van der Waals surface area contributed by atoms with Crippen molar-refractivity contribution in [1.29, 1.82) is 0 Å². The summed E-state index contributed by atoms with van der Waals surface area (Å²) in [5.41, 5.74) is 2.73. The highest BCUT2D eigenvalue weighted by molar-refractivity contribution is 6.32. The van der Waals surface area contributed by atoms with Crippen molar-refractivity contribution in [2.45, 2.75) is 44.9 Å². The fraction of sp³-hybridized carbons (Fsp3) is 0.429. The van der Waals surface area contributed by atoms with Crippen LogP contribution in [0.25, 0.3) is 11.1 Å². The Morgan fingerprint density at radius 3 is 2.29 bits per heavy atom. The molecule has 0 N–H and O–H groups in total. The minimum Gasteiger partial charge on any atom is -0.495 e. The van der Waals surface area contributed by atoms with Gasteiger partial charge in [-0.05, 0) is 60.8 Å². The number of ether oxygens (including phenoxy) is 1. The van der Waals surface area contributed by atoms with Gasteiger partial charge in [0.1, 0.15) is 10.8 Å². The molecular weight excluding hydrogens is 323 g/mol. The molecule has 0 heterocycles. The van der Waals surface area contributed by atoms with E-state index in [1.54, 1.807) is 12.1 Å². The van der Waals surface area contributed by atoms with Crippen molar-refractivity contribution in [2.24, 2.45) is 5.92 Å². The second kappa shape index (κ2) is 7.57. The SMILES string of the molecule is CCC1CCC(c2ccc(-c3ccc(OC)c(Cl)c3F)cc2)CC1. The Kier molecular flexibility index (Phi) is 5.45. The molecule has 0 saturated heterocycles. The lowest BCUT2D eigenvalue weighted by Gasteiger charge is -2.28. The van der Waals surface area contributed by atoms with Crippen LogP contribution in [-0.4, -0.2) is 7.11 Å². The standard InChI is InChI=1S/C21H24ClFO/c1-3-14-4-6-15(7-5-14)16-8-10-17(11-9-16)18-12-13-19(24-2)20(22)21(18)23/h8-15H,3-7H2,1-2H3. The summed E-state index contributed by atoms with van der Waals surface area (Å²) in [5, 5.41) is 0.0389. The molecule has 0 aromatic heterocycles. The Balaban J connectivity index is 1.79. The van der Waals surface area contributed by atoms with Crippen LogP contribution in [0.2, 0.25) is 5.02 Å².